The molecule has 0 saturated carbocycles. The number of imidazole rings is 1. The van der Waals surface area contributed by atoms with E-state index in [0.717, 1.165) is 17.8 Å². The highest BCUT2D eigenvalue weighted by Crippen LogP contribution is 2.30. The summed E-state index contributed by atoms with van der Waals surface area (Å²) in [6.45, 7) is 1.29. The maximum absolute atomic E-state index is 15.0. The van der Waals surface area contributed by atoms with Crippen molar-refractivity contribution in [1.82, 2.24) is 9.55 Å². The topological polar surface area (TPSA) is 134 Å². The van der Waals surface area contributed by atoms with Crippen LogP contribution in [0.3, 0.4) is 0 Å². The Morgan fingerprint density at radius 1 is 1.16 bits per heavy atom. The summed E-state index contributed by atoms with van der Waals surface area (Å²) in [5, 5.41) is 9.60. The molecular weight excluding hydrogens is 482 g/mol. The third-order valence-electron chi connectivity index (χ3n) is 5.76. The van der Waals surface area contributed by atoms with Crippen LogP contribution in [0.25, 0.3) is 5.70 Å². The molecule has 0 amide bonds. The summed E-state index contributed by atoms with van der Waals surface area (Å²) in [5.41, 5.74) is 12.6. The van der Waals surface area contributed by atoms with E-state index in [4.69, 9.17) is 25.7 Å². The van der Waals surface area contributed by atoms with E-state index in [1.165, 1.54) is 24.3 Å². The number of halogens is 2. The molecule has 0 bridgehead atoms. The molecule has 0 unspecified atom stereocenters. The lowest BCUT2D eigenvalue weighted by Gasteiger charge is -2.19. The fourth-order valence-corrected chi connectivity index (χ4v) is 3.74. The average Bonchev–Trinajstić information content (AvgIpc) is 3.28. The molecule has 1 aliphatic rings. The standard InChI is InChI=1S/C26H26F2N6O3/c1-34-15-32-13-18(34)14-36-20-8-16(27)9-21(10-20)37-19-2-3-22(24(28)11-19)25(30)23(12-29)26(31)33-17-4-6-35-7-5-17/h2-3,8-11,13,15,17H,4-7,14,30H2,1H3,(H2,31,33)/b25-23-. The molecule has 2 heterocycles. The van der Waals surface area contributed by atoms with E-state index in [1.54, 1.807) is 17.1 Å². The summed E-state index contributed by atoms with van der Waals surface area (Å²) in [5.74, 6) is -0.935. The predicted octanol–water partition coefficient (Wildman–Crippen LogP) is 3.80. The maximum atomic E-state index is 15.0. The normalized spacial score (nSPS) is 15.1. The fraction of sp³-hybridized carbons (Fsp3) is 0.269. The fourth-order valence-electron chi connectivity index (χ4n) is 3.74. The SMILES string of the molecule is Cn1cncc1COc1cc(F)cc(Oc2ccc(/C(N)=C(\C#N)C(N)=NC3CCOCC3)c(F)c2)c1. The number of ether oxygens (including phenoxy) is 3. The second kappa shape index (κ2) is 11.5. The smallest absolute Gasteiger partial charge is 0.138 e. The molecule has 1 saturated heterocycles. The molecule has 1 aliphatic heterocycles. The van der Waals surface area contributed by atoms with Gasteiger partial charge in [-0.2, -0.15) is 5.26 Å². The quantitative estimate of drug-likeness (QED) is 0.269. The van der Waals surface area contributed by atoms with E-state index in [0.29, 0.717) is 26.1 Å². The van der Waals surface area contributed by atoms with Gasteiger partial charge in [-0.15, -0.1) is 0 Å². The molecule has 3 aromatic rings. The number of rotatable bonds is 8. The van der Waals surface area contributed by atoms with Gasteiger partial charge < -0.3 is 30.2 Å². The van der Waals surface area contributed by atoms with Crippen LogP contribution >= 0.6 is 0 Å². The number of nitrogens with zero attached hydrogens (tertiary/aromatic N) is 4. The highest BCUT2D eigenvalue weighted by Gasteiger charge is 2.18. The van der Waals surface area contributed by atoms with Crippen LogP contribution in [0.2, 0.25) is 0 Å². The lowest BCUT2D eigenvalue weighted by molar-refractivity contribution is 0.0871. The van der Waals surface area contributed by atoms with Gasteiger partial charge in [-0.05, 0) is 25.0 Å². The van der Waals surface area contributed by atoms with Crippen LogP contribution < -0.4 is 20.9 Å². The number of aromatic nitrogens is 2. The summed E-state index contributed by atoms with van der Waals surface area (Å²) in [4.78, 5) is 8.37. The van der Waals surface area contributed by atoms with Crippen LogP contribution in [-0.2, 0) is 18.4 Å². The van der Waals surface area contributed by atoms with E-state index >= 15 is 0 Å². The summed E-state index contributed by atoms with van der Waals surface area (Å²) in [6, 6.07) is 9.58. The molecule has 192 valence electrons. The van der Waals surface area contributed by atoms with E-state index in [-0.39, 0.29) is 52.6 Å². The number of nitrogens with two attached hydrogens (primary N) is 2. The van der Waals surface area contributed by atoms with Crippen molar-refractivity contribution in [2.75, 3.05) is 13.2 Å². The monoisotopic (exact) mass is 508 g/mol. The molecule has 1 aromatic heterocycles. The minimum absolute atomic E-state index is 0.0338. The van der Waals surface area contributed by atoms with E-state index in [1.807, 2.05) is 13.1 Å². The molecule has 4 rings (SSSR count). The van der Waals surface area contributed by atoms with Gasteiger partial charge in [-0.3, -0.25) is 4.99 Å². The molecular formula is C26H26F2N6O3. The number of aryl methyl sites for hydroxylation is 1. The molecule has 4 N–H and O–H groups in total. The number of hydrogen-bond acceptors (Lipinski definition) is 7. The third kappa shape index (κ3) is 6.42. The predicted molar refractivity (Wildman–Crippen MR) is 133 cm³/mol. The second-order valence-electron chi connectivity index (χ2n) is 8.41. The first-order chi connectivity index (χ1) is 17.8. The van der Waals surface area contributed by atoms with Gasteiger partial charge in [0.2, 0.25) is 0 Å². The summed E-state index contributed by atoms with van der Waals surface area (Å²) >= 11 is 0. The van der Waals surface area contributed by atoms with Crippen LogP contribution in [0, 0.1) is 23.0 Å². The largest absolute Gasteiger partial charge is 0.487 e. The first kappa shape index (κ1) is 25.7. The van der Waals surface area contributed by atoms with Crippen molar-refractivity contribution in [3.63, 3.8) is 0 Å². The van der Waals surface area contributed by atoms with Crippen molar-refractivity contribution in [2.24, 2.45) is 23.5 Å². The number of hydrogen-bond donors (Lipinski definition) is 2. The Bertz CT molecular complexity index is 1370. The summed E-state index contributed by atoms with van der Waals surface area (Å²) in [7, 11) is 1.82. The van der Waals surface area contributed by atoms with E-state index < -0.39 is 11.6 Å². The van der Waals surface area contributed by atoms with Gasteiger partial charge in [0.15, 0.2) is 0 Å². The number of benzene rings is 2. The van der Waals surface area contributed by atoms with Crippen molar-refractivity contribution in [2.45, 2.75) is 25.5 Å². The minimum Gasteiger partial charge on any atom is -0.487 e. The number of nitriles is 1. The Morgan fingerprint density at radius 3 is 2.59 bits per heavy atom. The molecule has 9 nitrogen and oxygen atoms in total. The molecule has 37 heavy (non-hydrogen) atoms. The molecule has 0 aliphatic carbocycles. The van der Waals surface area contributed by atoms with Crippen LogP contribution in [0.5, 0.6) is 17.2 Å². The van der Waals surface area contributed by atoms with Crippen LogP contribution in [-0.4, -0.2) is 34.6 Å². The van der Waals surface area contributed by atoms with Crippen LogP contribution in [0.15, 0.2) is 59.5 Å². The van der Waals surface area contributed by atoms with Gasteiger partial charge in [0, 0.05) is 50.1 Å². The molecule has 11 heteroatoms. The average molecular weight is 509 g/mol. The molecule has 0 radical (unpaired) electrons. The first-order valence-electron chi connectivity index (χ1n) is 11.5. The Hall–Kier alpha value is -4.43. The zero-order valence-electron chi connectivity index (χ0n) is 20.2. The number of aliphatic imine (C=N–C) groups is 1. The molecule has 0 spiro atoms. The molecule has 0 atom stereocenters. The Labute approximate surface area is 212 Å². The molecule has 1 fully saturated rings. The van der Waals surface area contributed by atoms with Gasteiger partial charge >= 0.3 is 0 Å². The van der Waals surface area contributed by atoms with Crippen LogP contribution in [0.1, 0.15) is 24.1 Å². The highest BCUT2D eigenvalue weighted by molar-refractivity contribution is 6.07. The first-order valence-corrected chi connectivity index (χ1v) is 11.5. The van der Waals surface area contributed by atoms with Gasteiger partial charge in [-0.25, -0.2) is 13.8 Å². The van der Waals surface area contributed by atoms with Gasteiger partial charge in [0.1, 0.15) is 53.0 Å². The lowest BCUT2D eigenvalue weighted by atomic mass is 10.1. The van der Waals surface area contributed by atoms with Gasteiger partial charge in [-0.1, -0.05) is 0 Å². The lowest BCUT2D eigenvalue weighted by Crippen LogP contribution is -2.25. The zero-order valence-corrected chi connectivity index (χ0v) is 20.2. The highest BCUT2D eigenvalue weighted by atomic mass is 19.1. The minimum atomic E-state index is -0.745. The van der Waals surface area contributed by atoms with Crippen LogP contribution in [0.4, 0.5) is 8.78 Å². The van der Waals surface area contributed by atoms with Gasteiger partial charge in [0.05, 0.1) is 30.0 Å². The summed E-state index contributed by atoms with van der Waals surface area (Å²) < 4.78 is 47.5. The second-order valence-corrected chi connectivity index (χ2v) is 8.41. The van der Waals surface area contributed by atoms with Crippen molar-refractivity contribution >= 4 is 11.5 Å². The Morgan fingerprint density at radius 2 is 1.92 bits per heavy atom. The Kier molecular flexibility index (Phi) is 8.00. The maximum Gasteiger partial charge on any atom is 0.138 e. The van der Waals surface area contributed by atoms with Crippen molar-refractivity contribution < 1.29 is 23.0 Å². The van der Waals surface area contributed by atoms with Crippen molar-refractivity contribution in [1.29, 1.82) is 5.26 Å². The van der Waals surface area contributed by atoms with E-state index in [2.05, 4.69) is 9.98 Å². The third-order valence-corrected chi connectivity index (χ3v) is 5.76. The van der Waals surface area contributed by atoms with Crippen molar-refractivity contribution in [3.05, 3.63) is 77.4 Å². The molecule has 2 aromatic carbocycles. The van der Waals surface area contributed by atoms with E-state index in [9.17, 15) is 14.0 Å². The van der Waals surface area contributed by atoms with Gasteiger partial charge in [0.25, 0.3) is 0 Å². The Balaban J connectivity index is 1.51. The number of amidine groups is 1. The van der Waals surface area contributed by atoms with Crippen molar-refractivity contribution in [3.8, 4) is 23.3 Å². The summed E-state index contributed by atoms with van der Waals surface area (Å²) in [6.07, 6.45) is 4.63. The zero-order chi connectivity index (χ0) is 26.4.